The highest BCUT2D eigenvalue weighted by Crippen LogP contribution is 2.48. The van der Waals surface area contributed by atoms with Gasteiger partial charge in [0.05, 0.1) is 19.1 Å². The van der Waals surface area contributed by atoms with Gasteiger partial charge in [-0.2, -0.15) is 0 Å². The number of amides is 1. The van der Waals surface area contributed by atoms with Crippen LogP contribution >= 0.6 is 11.3 Å². The van der Waals surface area contributed by atoms with Crippen molar-refractivity contribution in [2.75, 3.05) is 26.1 Å². The molecular weight excluding hydrogens is 433 g/mol. The van der Waals surface area contributed by atoms with Gasteiger partial charge in [0.2, 0.25) is 5.91 Å². The Morgan fingerprint density at radius 2 is 2.00 bits per heavy atom. The van der Waals surface area contributed by atoms with Gasteiger partial charge in [-0.05, 0) is 68.7 Å². The van der Waals surface area contributed by atoms with Crippen molar-refractivity contribution in [3.8, 4) is 0 Å². The second kappa shape index (κ2) is 10.6. The second-order valence-corrected chi connectivity index (χ2v) is 10.4. The van der Waals surface area contributed by atoms with Crippen LogP contribution < -0.4 is 10.6 Å². The lowest BCUT2D eigenvalue weighted by Crippen LogP contribution is -2.54. The third kappa shape index (κ3) is 5.15. The normalized spacial score (nSPS) is 37.3. The molecule has 2 heterocycles. The number of nitrogens with zero attached hydrogens (tertiary/aromatic N) is 1. The van der Waals surface area contributed by atoms with E-state index in [2.05, 4.69) is 15.6 Å². The molecule has 0 aromatic carbocycles. The highest BCUT2D eigenvalue weighted by Gasteiger charge is 2.48. The van der Waals surface area contributed by atoms with Crippen LogP contribution in [-0.4, -0.2) is 55.9 Å². The molecule has 4 rings (SSSR count). The minimum Gasteiger partial charge on any atom is -0.469 e. The zero-order valence-electron chi connectivity index (χ0n) is 18.8. The maximum Gasteiger partial charge on any atom is 0.311 e. The third-order valence-corrected chi connectivity index (χ3v) is 8.59. The summed E-state index contributed by atoms with van der Waals surface area (Å²) in [4.78, 5) is 28.9. The van der Waals surface area contributed by atoms with Crippen LogP contribution in [0.2, 0.25) is 0 Å². The predicted octanol–water partition coefficient (Wildman–Crippen LogP) is 3.42. The van der Waals surface area contributed by atoms with E-state index in [1.165, 1.54) is 18.4 Å². The van der Waals surface area contributed by atoms with Gasteiger partial charge in [0, 0.05) is 31.1 Å². The number of ether oxygens (including phenoxy) is 2. The molecule has 1 aromatic heterocycles. The van der Waals surface area contributed by atoms with Crippen molar-refractivity contribution in [1.82, 2.24) is 10.3 Å². The Morgan fingerprint density at radius 3 is 2.72 bits per heavy atom. The molecule has 1 amide bonds. The molecule has 0 spiro atoms. The molecule has 7 unspecified atom stereocenters. The lowest BCUT2D eigenvalue weighted by molar-refractivity contribution is -0.151. The number of hydrogen-bond donors (Lipinski definition) is 2. The summed E-state index contributed by atoms with van der Waals surface area (Å²) in [5, 5.41) is 8.94. The number of rotatable bonds is 6. The van der Waals surface area contributed by atoms with Gasteiger partial charge in [-0.1, -0.05) is 0 Å². The zero-order valence-corrected chi connectivity index (χ0v) is 19.6. The number of hydrogen-bond acceptors (Lipinski definition) is 7. The van der Waals surface area contributed by atoms with Crippen LogP contribution in [0.1, 0.15) is 44.9 Å². The molecule has 3 fully saturated rings. The number of esters is 1. The Hall–Kier alpha value is -1.58. The Morgan fingerprint density at radius 1 is 1.19 bits per heavy atom. The summed E-state index contributed by atoms with van der Waals surface area (Å²) in [6.07, 6.45) is 5.70. The number of carbonyl (C=O) groups is 2. The number of halogens is 1. The van der Waals surface area contributed by atoms with Crippen molar-refractivity contribution in [2.45, 2.75) is 63.3 Å². The molecule has 0 bridgehead atoms. The first-order valence-electron chi connectivity index (χ1n) is 11.7. The molecule has 178 valence electrons. The fraction of sp³-hybridized carbons (Fsp3) is 0.783. The second-order valence-electron chi connectivity index (χ2n) is 9.49. The van der Waals surface area contributed by atoms with E-state index in [4.69, 9.17) is 9.47 Å². The number of carbonyl (C=O) groups excluding carboxylic acids is 2. The number of thiazole rings is 1. The fourth-order valence-electron chi connectivity index (χ4n) is 6.33. The van der Waals surface area contributed by atoms with Crippen molar-refractivity contribution in [1.29, 1.82) is 0 Å². The Balaban J connectivity index is 1.45. The van der Waals surface area contributed by atoms with Gasteiger partial charge in [-0.3, -0.25) is 9.59 Å². The minimum atomic E-state index is -1.13. The zero-order chi connectivity index (χ0) is 22.7. The average Bonchev–Trinajstić information content (AvgIpc) is 3.31. The first-order chi connectivity index (χ1) is 15.5. The van der Waals surface area contributed by atoms with Crippen LogP contribution in [0.25, 0.3) is 0 Å². The molecule has 1 aromatic rings. The summed E-state index contributed by atoms with van der Waals surface area (Å²) >= 11 is 1.41. The number of alkyl halides is 1. The van der Waals surface area contributed by atoms with E-state index in [-0.39, 0.29) is 29.9 Å². The molecule has 32 heavy (non-hydrogen) atoms. The van der Waals surface area contributed by atoms with Gasteiger partial charge in [0.15, 0.2) is 5.13 Å². The molecular formula is C23H34FN3O4S. The molecule has 1 saturated heterocycles. The van der Waals surface area contributed by atoms with Gasteiger partial charge in [-0.25, -0.2) is 9.37 Å². The van der Waals surface area contributed by atoms with E-state index in [0.29, 0.717) is 36.2 Å². The highest BCUT2D eigenvalue weighted by molar-refractivity contribution is 7.13. The van der Waals surface area contributed by atoms with Crippen molar-refractivity contribution < 1.29 is 23.5 Å². The van der Waals surface area contributed by atoms with Gasteiger partial charge in [-0.15, -0.1) is 11.3 Å². The molecule has 3 aliphatic rings. The van der Waals surface area contributed by atoms with Crippen molar-refractivity contribution >= 4 is 28.3 Å². The summed E-state index contributed by atoms with van der Waals surface area (Å²) in [6.45, 7) is 0.898. The van der Waals surface area contributed by atoms with Crippen LogP contribution in [0.4, 0.5) is 9.52 Å². The smallest absolute Gasteiger partial charge is 0.311 e. The molecule has 2 aliphatic carbocycles. The first-order valence-corrected chi connectivity index (χ1v) is 12.6. The number of piperidine rings is 1. The summed E-state index contributed by atoms with van der Waals surface area (Å²) in [5.41, 5.74) is 0. The van der Waals surface area contributed by atoms with Crippen LogP contribution in [-0.2, 0) is 19.1 Å². The maximum absolute atomic E-state index is 14.4. The van der Waals surface area contributed by atoms with E-state index in [1.54, 1.807) is 13.3 Å². The number of fused-ring (bicyclic) bond motifs is 1. The summed E-state index contributed by atoms with van der Waals surface area (Å²) in [5.74, 6) is 0.200. The van der Waals surface area contributed by atoms with Gasteiger partial charge in [0.25, 0.3) is 0 Å². The van der Waals surface area contributed by atoms with Crippen molar-refractivity contribution in [3.63, 3.8) is 0 Å². The van der Waals surface area contributed by atoms with E-state index in [0.717, 1.165) is 32.2 Å². The third-order valence-electron chi connectivity index (χ3n) is 7.90. The summed E-state index contributed by atoms with van der Waals surface area (Å²) in [7, 11) is 3.09. The van der Waals surface area contributed by atoms with E-state index in [9.17, 15) is 14.0 Å². The minimum absolute atomic E-state index is 0.0211. The Kier molecular flexibility index (Phi) is 7.78. The molecule has 2 N–H and O–H groups in total. The van der Waals surface area contributed by atoms with Gasteiger partial charge < -0.3 is 20.1 Å². The monoisotopic (exact) mass is 467 g/mol. The molecule has 8 atom stereocenters. The van der Waals surface area contributed by atoms with Crippen molar-refractivity contribution in [2.24, 2.45) is 29.6 Å². The maximum atomic E-state index is 14.4. The van der Waals surface area contributed by atoms with E-state index < -0.39 is 18.1 Å². The van der Waals surface area contributed by atoms with Crippen LogP contribution in [0, 0.1) is 29.6 Å². The average molecular weight is 468 g/mol. The first kappa shape index (κ1) is 23.6. The molecule has 1 aliphatic heterocycles. The highest BCUT2D eigenvalue weighted by atomic mass is 32.1. The molecule has 9 heteroatoms. The van der Waals surface area contributed by atoms with Crippen molar-refractivity contribution in [3.05, 3.63) is 11.6 Å². The Bertz CT molecular complexity index is 779. The number of anilines is 1. The quantitative estimate of drug-likeness (QED) is 0.623. The molecule has 2 saturated carbocycles. The fourth-order valence-corrected chi connectivity index (χ4v) is 6.88. The SMILES string of the molecule is COC(=O)C1CC(C2CC3C(CCN[C@@H]3CC(=O)Nc3nccs3)CC2OC)CCC1F. The largest absolute Gasteiger partial charge is 0.469 e. The van der Waals surface area contributed by atoms with Crippen LogP contribution in [0.5, 0.6) is 0 Å². The van der Waals surface area contributed by atoms with Gasteiger partial charge >= 0.3 is 5.97 Å². The molecule has 0 radical (unpaired) electrons. The van der Waals surface area contributed by atoms with Gasteiger partial charge in [0.1, 0.15) is 6.17 Å². The molecule has 7 nitrogen and oxygen atoms in total. The lowest BCUT2D eigenvalue weighted by atomic mass is 9.60. The number of methoxy groups -OCH3 is 2. The van der Waals surface area contributed by atoms with Crippen LogP contribution in [0.15, 0.2) is 11.6 Å². The lowest BCUT2D eigenvalue weighted by Gasteiger charge is -2.50. The standard InChI is InChI=1S/C23H34FN3O4S/c1-30-20-10-14-5-6-25-19(12-21(28)27-23-26-7-8-32-23)15(14)11-16(20)13-3-4-18(24)17(9-13)22(29)31-2/h7-8,13-20,25H,3-6,9-12H2,1-2H3,(H,26,27,28)/t13?,14?,15?,16?,17?,18?,19-,20?/m1/s1. The van der Waals surface area contributed by atoms with E-state index >= 15 is 0 Å². The summed E-state index contributed by atoms with van der Waals surface area (Å²) in [6, 6.07) is 0.0999. The predicted molar refractivity (Wildman–Crippen MR) is 120 cm³/mol. The number of aromatic nitrogens is 1. The topological polar surface area (TPSA) is 89.5 Å². The van der Waals surface area contributed by atoms with Crippen LogP contribution in [0.3, 0.4) is 0 Å². The number of nitrogens with one attached hydrogen (secondary N) is 2. The summed E-state index contributed by atoms with van der Waals surface area (Å²) < 4.78 is 25.2. The van der Waals surface area contributed by atoms with E-state index in [1.807, 2.05) is 5.38 Å². The Labute approximate surface area is 192 Å².